The van der Waals surface area contributed by atoms with Gasteiger partial charge in [-0.2, -0.15) is 0 Å². The predicted molar refractivity (Wildman–Crippen MR) is 113 cm³/mol. The molecule has 150 valence electrons. The number of carbonyl (C=O) groups excluding carboxylic acids is 1. The highest BCUT2D eigenvalue weighted by atomic mass is 35.5. The standard InChI is InChI=1S/C20H30Cl2N4O/c1-3-16(2)24-8-10-26(11-9-24)20(27)15-23-4-6-25(7-5-23)19-13-17(21)12-18(22)14-19/h12-14,16H,3-11,15H2,1-2H3. The molecule has 2 aliphatic rings. The third kappa shape index (κ3) is 5.50. The number of hydrogen-bond donors (Lipinski definition) is 0. The van der Waals surface area contributed by atoms with Crippen LogP contribution in [-0.2, 0) is 4.79 Å². The third-order valence-electron chi connectivity index (χ3n) is 5.82. The maximum Gasteiger partial charge on any atom is 0.236 e. The summed E-state index contributed by atoms with van der Waals surface area (Å²) in [6.07, 6.45) is 1.16. The van der Waals surface area contributed by atoms with Crippen LogP contribution >= 0.6 is 23.2 Å². The van der Waals surface area contributed by atoms with Crippen molar-refractivity contribution in [3.8, 4) is 0 Å². The molecule has 0 aliphatic carbocycles. The van der Waals surface area contributed by atoms with Gasteiger partial charge in [0.2, 0.25) is 5.91 Å². The maximum absolute atomic E-state index is 12.7. The number of benzene rings is 1. The lowest BCUT2D eigenvalue weighted by atomic mass is 10.2. The zero-order valence-corrected chi connectivity index (χ0v) is 17.8. The van der Waals surface area contributed by atoms with Crippen molar-refractivity contribution < 1.29 is 4.79 Å². The minimum absolute atomic E-state index is 0.262. The van der Waals surface area contributed by atoms with Gasteiger partial charge in [-0.25, -0.2) is 0 Å². The summed E-state index contributed by atoms with van der Waals surface area (Å²) < 4.78 is 0. The molecule has 2 saturated heterocycles. The van der Waals surface area contributed by atoms with E-state index in [9.17, 15) is 4.79 Å². The van der Waals surface area contributed by atoms with E-state index in [-0.39, 0.29) is 5.91 Å². The fourth-order valence-electron chi connectivity index (χ4n) is 3.85. The van der Waals surface area contributed by atoms with Crippen molar-refractivity contribution in [1.82, 2.24) is 14.7 Å². The van der Waals surface area contributed by atoms with Gasteiger partial charge in [0.15, 0.2) is 0 Å². The molecule has 7 heteroatoms. The Hall–Kier alpha value is -1.01. The van der Waals surface area contributed by atoms with Crippen LogP contribution in [-0.4, -0.2) is 85.6 Å². The molecular formula is C20H30Cl2N4O. The minimum atomic E-state index is 0.262. The number of piperazine rings is 2. The van der Waals surface area contributed by atoms with E-state index in [0.717, 1.165) is 64.5 Å². The van der Waals surface area contributed by atoms with E-state index < -0.39 is 0 Å². The molecule has 0 saturated carbocycles. The molecule has 1 aromatic rings. The Balaban J connectivity index is 1.44. The van der Waals surface area contributed by atoms with Gasteiger partial charge in [-0.3, -0.25) is 14.6 Å². The molecule has 3 rings (SSSR count). The van der Waals surface area contributed by atoms with Gasteiger partial charge in [0, 0.05) is 74.1 Å². The molecule has 0 radical (unpaired) electrons. The minimum Gasteiger partial charge on any atom is -0.369 e. The summed E-state index contributed by atoms with van der Waals surface area (Å²) in [6.45, 7) is 12.2. The average Bonchev–Trinajstić information content (AvgIpc) is 2.67. The van der Waals surface area contributed by atoms with Crippen LogP contribution in [0.4, 0.5) is 5.69 Å². The quantitative estimate of drug-likeness (QED) is 0.743. The van der Waals surface area contributed by atoms with Gasteiger partial charge < -0.3 is 9.80 Å². The third-order valence-corrected chi connectivity index (χ3v) is 6.26. The van der Waals surface area contributed by atoms with Crippen molar-refractivity contribution in [2.75, 3.05) is 63.8 Å². The fraction of sp³-hybridized carbons (Fsp3) is 0.650. The van der Waals surface area contributed by atoms with Crippen molar-refractivity contribution in [2.45, 2.75) is 26.3 Å². The molecule has 5 nitrogen and oxygen atoms in total. The van der Waals surface area contributed by atoms with Crippen LogP contribution in [0, 0.1) is 0 Å². The summed E-state index contributed by atoms with van der Waals surface area (Å²) in [7, 11) is 0. The Bertz CT molecular complexity index is 621. The fourth-order valence-corrected chi connectivity index (χ4v) is 4.36. The average molecular weight is 413 g/mol. The largest absolute Gasteiger partial charge is 0.369 e. The lowest BCUT2D eigenvalue weighted by Gasteiger charge is -2.40. The van der Waals surface area contributed by atoms with E-state index >= 15 is 0 Å². The normalized spacial score (nSPS) is 20.7. The summed E-state index contributed by atoms with van der Waals surface area (Å²) in [6, 6.07) is 6.26. The van der Waals surface area contributed by atoms with Crippen molar-refractivity contribution >= 4 is 34.8 Å². The summed E-state index contributed by atoms with van der Waals surface area (Å²) in [5.74, 6) is 0.262. The second-order valence-corrected chi connectivity index (χ2v) is 8.44. The molecule has 0 spiro atoms. The molecule has 0 N–H and O–H groups in total. The van der Waals surface area contributed by atoms with E-state index in [1.165, 1.54) is 0 Å². The highest BCUT2D eigenvalue weighted by molar-refractivity contribution is 6.35. The highest BCUT2D eigenvalue weighted by Crippen LogP contribution is 2.26. The van der Waals surface area contributed by atoms with Crippen LogP contribution < -0.4 is 4.90 Å². The maximum atomic E-state index is 12.7. The van der Waals surface area contributed by atoms with E-state index in [1.807, 2.05) is 17.0 Å². The number of hydrogen-bond acceptors (Lipinski definition) is 4. The first kappa shape index (κ1) is 20.7. The monoisotopic (exact) mass is 412 g/mol. The molecular weight excluding hydrogens is 383 g/mol. The predicted octanol–water partition coefficient (Wildman–Crippen LogP) is 3.06. The Labute approximate surface area is 172 Å². The van der Waals surface area contributed by atoms with Gasteiger partial charge in [0.1, 0.15) is 0 Å². The zero-order chi connectivity index (χ0) is 19.4. The second kappa shape index (κ2) is 9.46. The van der Waals surface area contributed by atoms with Gasteiger partial charge in [-0.05, 0) is 31.5 Å². The number of anilines is 1. The Kier molecular flexibility index (Phi) is 7.26. The van der Waals surface area contributed by atoms with Crippen molar-refractivity contribution in [1.29, 1.82) is 0 Å². The molecule has 1 atom stereocenters. The summed E-state index contributed by atoms with van der Waals surface area (Å²) >= 11 is 12.2. The summed E-state index contributed by atoms with van der Waals surface area (Å²) in [5, 5.41) is 1.32. The molecule has 1 aromatic carbocycles. The van der Waals surface area contributed by atoms with Gasteiger partial charge >= 0.3 is 0 Å². The molecule has 1 amide bonds. The number of rotatable bonds is 5. The van der Waals surface area contributed by atoms with E-state index in [2.05, 4.69) is 28.5 Å². The topological polar surface area (TPSA) is 30.0 Å². The number of amides is 1. The van der Waals surface area contributed by atoms with Crippen LogP contribution in [0.1, 0.15) is 20.3 Å². The van der Waals surface area contributed by atoms with Gasteiger partial charge in [-0.1, -0.05) is 30.1 Å². The zero-order valence-electron chi connectivity index (χ0n) is 16.3. The molecule has 2 heterocycles. The summed E-state index contributed by atoms with van der Waals surface area (Å²) in [4.78, 5) is 21.7. The van der Waals surface area contributed by atoms with Crippen LogP contribution in [0.2, 0.25) is 10.0 Å². The molecule has 0 aromatic heterocycles. The van der Waals surface area contributed by atoms with E-state index in [0.29, 0.717) is 22.6 Å². The van der Waals surface area contributed by atoms with E-state index in [4.69, 9.17) is 23.2 Å². The first-order chi connectivity index (χ1) is 13.0. The molecule has 0 bridgehead atoms. The van der Waals surface area contributed by atoms with Crippen LogP contribution in [0.3, 0.4) is 0 Å². The van der Waals surface area contributed by atoms with Gasteiger partial charge in [-0.15, -0.1) is 0 Å². The summed E-state index contributed by atoms with van der Waals surface area (Å²) in [5.41, 5.74) is 1.06. The second-order valence-electron chi connectivity index (χ2n) is 7.56. The van der Waals surface area contributed by atoms with Crippen LogP contribution in [0.5, 0.6) is 0 Å². The lowest BCUT2D eigenvalue weighted by molar-refractivity contribution is -0.134. The van der Waals surface area contributed by atoms with Crippen molar-refractivity contribution in [3.63, 3.8) is 0 Å². The van der Waals surface area contributed by atoms with Crippen molar-refractivity contribution in [3.05, 3.63) is 28.2 Å². The number of carbonyl (C=O) groups is 1. The Morgan fingerprint density at radius 1 is 0.963 bits per heavy atom. The molecule has 1 unspecified atom stereocenters. The van der Waals surface area contributed by atoms with Gasteiger partial charge in [0.25, 0.3) is 0 Å². The van der Waals surface area contributed by atoms with E-state index in [1.54, 1.807) is 6.07 Å². The Morgan fingerprint density at radius 3 is 2.11 bits per heavy atom. The van der Waals surface area contributed by atoms with Crippen LogP contribution in [0.25, 0.3) is 0 Å². The smallest absolute Gasteiger partial charge is 0.236 e. The lowest BCUT2D eigenvalue weighted by Crippen LogP contribution is -2.55. The first-order valence-corrected chi connectivity index (χ1v) is 10.7. The Morgan fingerprint density at radius 2 is 1.56 bits per heavy atom. The van der Waals surface area contributed by atoms with Gasteiger partial charge in [0.05, 0.1) is 6.54 Å². The molecule has 2 aliphatic heterocycles. The SMILES string of the molecule is CCC(C)N1CCN(C(=O)CN2CCN(c3cc(Cl)cc(Cl)c3)CC2)CC1. The number of nitrogens with zero attached hydrogens (tertiary/aromatic N) is 4. The highest BCUT2D eigenvalue weighted by Gasteiger charge is 2.26. The molecule has 2 fully saturated rings. The van der Waals surface area contributed by atoms with Crippen LogP contribution in [0.15, 0.2) is 18.2 Å². The molecule has 27 heavy (non-hydrogen) atoms. The number of halogens is 2. The van der Waals surface area contributed by atoms with Crippen molar-refractivity contribution in [2.24, 2.45) is 0 Å². The first-order valence-electron chi connectivity index (χ1n) is 9.91.